The van der Waals surface area contributed by atoms with Crippen molar-refractivity contribution in [1.29, 1.82) is 0 Å². The second-order valence-electron chi connectivity index (χ2n) is 6.12. The Labute approximate surface area is 114 Å². The number of anilines is 1. The fourth-order valence-corrected chi connectivity index (χ4v) is 3.42. The van der Waals surface area contributed by atoms with Gasteiger partial charge in [-0.3, -0.25) is 4.79 Å². The highest BCUT2D eigenvalue weighted by Gasteiger charge is 2.39. The maximum atomic E-state index is 12.4. The number of amides is 1. The molecule has 0 heterocycles. The van der Waals surface area contributed by atoms with Crippen LogP contribution in [-0.2, 0) is 4.79 Å². The molecule has 0 saturated heterocycles. The number of carbonyl (C=O) groups is 1. The SMILES string of the molecule is CC(C)c1ccccc1NC(=O)C1CC2C=CC1C2. The van der Waals surface area contributed by atoms with Crippen LogP contribution >= 0.6 is 0 Å². The van der Waals surface area contributed by atoms with Crippen LogP contribution in [0.2, 0.25) is 0 Å². The molecule has 1 N–H and O–H groups in total. The molecule has 2 heteroatoms. The third kappa shape index (κ3) is 2.32. The maximum absolute atomic E-state index is 12.4. The number of allylic oxidation sites excluding steroid dienone is 2. The average Bonchev–Trinajstić information content (AvgIpc) is 3.01. The van der Waals surface area contributed by atoms with Crippen molar-refractivity contribution in [2.75, 3.05) is 5.32 Å². The van der Waals surface area contributed by atoms with Crippen molar-refractivity contribution in [2.45, 2.75) is 32.6 Å². The second-order valence-corrected chi connectivity index (χ2v) is 6.12. The van der Waals surface area contributed by atoms with Gasteiger partial charge >= 0.3 is 0 Å². The monoisotopic (exact) mass is 255 g/mol. The van der Waals surface area contributed by atoms with Gasteiger partial charge in [-0.1, -0.05) is 44.2 Å². The van der Waals surface area contributed by atoms with Gasteiger partial charge in [0, 0.05) is 11.6 Å². The second kappa shape index (κ2) is 4.84. The molecule has 19 heavy (non-hydrogen) atoms. The summed E-state index contributed by atoms with van der Waals surface area (Å²) in [5.41, 5.74) is 2.20. The maximum Gasteiger partial charge on any atom is 0.228 e. The quantitative estimate of drug-likeness (QED) is 0.814. The molecule has 3 unspecified atom stereocenters. The van der Waals surface area contributed by atoms with Gasteiger partial charge in [-0.2, -0.15) is 0 Å². The van der Waals surface area contributed by atoms with Crippen LogP contribution in [0.1, 0.15) is 38.2 Å². The lowest BCUT2D eigenvalue weighted by atomic mass is 9.92. The highest BCUT2D eigenvalue weighted by molar-refractivity contribution is 5.94. The fourth-order valence-electron chi connectivity index (χ4n) is 3.42. The van der Waals surface area contributed by atoms with Gasteiger partial charge in [0.25, 0.3) is 0 Å². The molecule has 2 nitrogen and oxygen atoms in total. The van der Waals surface area contributed by atoms with E-state index in [2.05, 4.69) is 37.4 Å². The molecule has 100 valence electrons. The lowest BCUT2D eigenvalue weighted by Crippen LogP contribution is -2.26. The molecular formula is C17H21NO. The first-order chi connectivity index (χ1) is 9.15. The van der Waals surface area contributed by atoms with E-state index < -0.39 is 0 Å². The molecule has 2 aliphatic rings. The van der Waals surface area contributed by atoms with Crippen LogP contribution < -0.4 is 5.32 Å². The van der Waals surface area contributed by atoms with E-state index in [9.17, 15) is 4.79 Å². The van der Waals surface area contributed by atoms with E-state index in [1.54, 1.807) is 0 Å². The Bertz CT molecular complexity index is 518. The Morgan fingerprint density at radius 3 is 2.63 bits per heavy atom. The van der Waals surface area contributed by atoms with Gasteiger partial charge in [0.1, 0.15) is 0 Å². The molecule has 1 amide bonds. The van der Waals surface area contributed by atoms with Crippen LogP contribution in [0.25, 0.3) is 0 Å². The van der Waals surface area contributed by atoms with Crippen molar-refractivity contribution < 1.29 is 4.79 Å². The summed E-state index contributed by atoms with van der Waals surface area (Å²) in [5.74, 6) is 1.91. The summed E-state index contributed by atoms with van der Waals surface area (Å²) >= 11 is 0. The molecule has 1 aromatic carbocycles. The summed E-state index contributed by atoms with van der Waals surface area (Å²) in [4.78, 5) is 12.4. The van der Waals surface area contributed by atoms with E-state index in [1.165, 1.54) is 12.0 Å². The number of fused-ring (bicyclic) bond motifs is 2. The van der Waals surface area contributed by atoms with E-state index in [0.29, 0.717) is 17.8 Å². The number of para-hydroxylation sites is 1. The standard InChI is InChI=1S/C17H21NO/c1-11(2)14-5-3-4-6-16(14)18-17(19)15-10-12-7-8-13(15)9-12/h3-8,11-13,15H,9-10H2,1-2H3,(H,18,19). The topological polar surface area (TPSA) is 29.1 Å². The predicted molar refractivity (Wildman–Crippen MR) is 78.0 cm³/mol. The minimum Gasteiger partial charge on any atom is -0.326 e. The van der Waals surface area contributed by atoms with E-state index in [4.69, 9.17) is 0 Å². The number of hydrogen-bond acceptors (Lipinski definition) is 1. The third-order valence-electron chi connectivity index (χ3n) is 4.46. The largest absolute Gasteiger partial charge is 0.326 e. The van der Waals surface area contributed by atoms with Crippen molar-refractivity contribution in [3.63, 3.8) is 0 Å². The van der Waals surface area contributed by atoms with Gasteiger partial charge in [-0.05, 0) is 42.2 Å². The smallest absolute Gasteiger partial charge is 0.228 e. The molecule has 0 aliphatic heterocycles. The summed E-state index contributed by atoms with van der Waals surface area (Å²) in [6.07, 6.45) is 6.70. The van der Waals surface area contributed by atoms with Crippen molar-refractivity contribution in [3.8, 4) is 0 Å². The Balaban J connectivity index is 1.75. The van der Waals surface area contributed by atoms with Gasteiger partial charge in [0.15, 0.2) is 0 Å². The number of rotatable bonds is 3. The molecule has 3 atom stereocenters. The van der Waals surface area contributed by atoms with Crippen molar-refractivity contribution in [3.05, 3.63) is 42.0 Å². The van der Waals surface area contributed by atoms with E-state index in [0.717, 1.165) is 12.1 Å². The lowest BCUT2D eigenvalue weighted by molar-refractivity contribution is -0.120. The van der Waals surface area contributed by atoms with Crippen LogP contribution in [0, 0.1) is 17.8 Å². The summed E-state index contributed by atoms with van der Waals surface area (Å²) in [6, 6.07) is 8.13. The summed E-state index contributed by atoms with van der Waals surface area (Å²) in [5, 5.41) is 3.15. The van der Waals surface area contributed by atoms with Gasteiger partial charge in [0.2, 0.25) is 5.91 Å². The molecule has 2 aliphatic carbocycles. The molecule has 3 rings (SSSR count). The first-order valence-corrected chi connectivity index (χ1v) is 7.23. The molecule has 0 aromatic heterocycles. The van der Waals surface area contributed by atoms with Crippen LogP contribution in [0.15, 0.2) is 36.4 Å². The summed E-state index contributed by atoms with van der Waals surface area (Å²) in [7, 11) is 0. The molecule has 0 spiro atoms. The Morgan fingerprint density at radius 2 is 2.00 bits per heavy atom. The normalized spacial score (nSPS) is 28.1. The fraction of sp³-hybridized carbons (Fsp3) is 0.471. The van der Waals surface area contributed by atoms with Crippen molar-refractivity contribution in [2.24, 2.45) is 17.8 Å². The highest BCUT2D eigenvalue weighted by atomic mass is 16.1. The molecular weight excluding hydrogens is 234 g/mol. The predicted octanol–water partition coefficient (Wildman–Crippen LogP) is 3.96. The first kappa shape index (κ1) is 12.5. The average molecular weight is 255 g/mol. The molecule has 2 bridgehead atoms. The number of carbonyl (C=O) groups excluding carboxylic acids is 1. The summed E-state index contributed by atoms with van der Waals surface area (Å²) < 4.78 is 0. The van der Waals surface area contributed by atoms with Crippen LogP contribution in [-0.4, -0.2) is 5.91 Å². The Morgan fingerprint density at radius 1 is 1.21 bits per heavy atom. The van der Waals surface area contributed by atoms with E-state index >= 15 is 0 Å². The Hall–Kier alpha value is -1.57. The highest BCUT2D eigenvalue weighted by Crippen LogP contribution is 2.43. The van der Waals surface area contributed by atoms with Crippen molar-refractivity contribution >= 4 is 11.6 Å². The number of nitrogens with one attached hydrogen (secondary N) is 1. The van der Waals surface area contributed by atoms with Crippen LogP contribution in [0.3, 0.4) is 0 Å². The zero-order valence-electron chi connectivity index (χ0n) is 11.6. The Kier molecular flexibility index (Phi) is 3.17. The minimum absolute atomic E-state index is 0.176. The van der Waals surface area contributed by atoms with Gasteiger partial charge < -0.3 is 5.32 Å². The lowest BCUT2D eigenvalue weighted by Gasteiger charge is -2.20. The van der Waals surface area contributed by atoms with Gasteiger partial charge in [-0.25, -0.2) is 0 Å². The molecule has 0 radical (unpaired) electrons. The van der Waals surface area contributed by atoms with E-state index in [-0.39, 0.29) is 11.8 Å². The zero-order valence-corrected chi connectivity index (χ0v) is 11.6. The molecule has 1 saturated carbocycles. The van der Waals surface area contributed by atoms with Crippen LogP contribution in [0.4, 0.5) is 5.69 Å². The van der Waals surface area contributed by atoms with Crippen LogP contribution in [0.5, 0.6) is 0 Å². The summed E-state index contributed by atoms with van der Waals surface area (Å²) in [6.45, 7) is 4.32. The molecule has 1 fully saturated rings. The first-order valence-electron chi connectivity index (χ1n) is 7.23. The minimum atomic E-state index is 0.176. The third-order valence-corrected chi connectivity index (χ3v) is 4.46. The number of benzene rings is 1. The number of hydrogen-bond donors (Lipinski definition) is 1. The van der Waals surface area contributed by atoms with E-state index in [1.807, 2.05) is 18.2 Å². The van der Waals surface area contributed by atoms with Gasteiger partial charge in [-0.15, -0.1) is 0 Å². The van der Waals surface area contributed by atoms with Crippen molar-refractivity contribution in [1.82, 2.24) is 0 Å². The molecule has 1 aromatic rings. The zero-order chi connectivity index (χ0) is 13.4. The van der Waals surface area contributed by atoms with Gasteiger partial charge in [0.05, 0.1) is 0 Å².